The highest BCUT2D eigenvalue weighted by atomic mass is 79.9. The third-order valence-electron chi connectivity index (χ3n) is 1.52. The molecule has 1 aromatic carbocycles. The SMILES string of the molecule is CC(=O)Oc1ccc(Br)c(Br)c1C(=O)O. The summed E-state index contributed by atoms with van der Waals surface area (Å²) >= 11 is 6.27. The van der Waals surface area contributed by atoms with Gasteiger partial charge in [-0.1, -0.05) is 0 Å². The number of halogens is 2. The van der Waals surface area contributed by atoms with Gasteiger partial charge in [0.25, 0.3) is 0 Å². The Balaban J connectivity index is 3.33. The van der Waals surface area contributed by atoms with Crippen molar-refractivity contribution in [3.8, 4) is 5.75 Å². The molecule has 0 aromatic heterocycles. The fourth-order valence-corrected chi connectivity index (χ4v) is 1.80. The van der Waals surface area contributed by atoms with Crippen molar-refractivity contribution in [3.63, 3.8) is 0 Å². The minimum absolute atomic E-state index is 0.0186. The van der Waals surface area contributed by atoms with E-state index in [4.69, 9.17) is 9.84 Å². The first-order chi connectivity index (χ1) is 6.93. The fourth-order valence-electron chi connectivity index (χ4n) is 0.972. The van der Waals surface area contributed by atoms with Crippen molar-refractivity contribution >= 4 is 43.8 Å². The van der Waals surface area contributed by atoms with Crippen molar-refractivity contribution in [2.75, 3.05) is 0 Å². The molecule has 80 valence electrons. The van der Waals surface area contributed by atoms with Crippen molar-refractivity contribution in [3.05, 3.63) is 26.6 Å². The van der Waals surface area contributed by atoms with Gasteiger partial charge in [-0.15, -0.1) is 0 Å². The smallest absolute Gasteiger partial charge is 0.340 e. The van der Waals surface area contributed by atoms with Crippen LogP contribution in [-0.2, 0) is 4.79 Å². The molecule has 0 saturated carbocycles. The Morgan fingerprint density at radius 2 is 1.93 bits per heavy atom. The van der Waals surface area contributed by atoms with Gasteiger partial charge in [-0.05, 0) is 44.0 Å². The van der Waals surface area contributed by atoms with E-state index in [1.165, 1.54) is 13.0 Å². The zero-order chi connectivity index (χ0) is 11.6. The standard InChI is InChI=1S/C9H6Br2O4/c1-4(12)15-6-3-2-5(10)8(11)7(6)9(13)14/h2-3H,1H3,(H,13,14). The minimum atomic E-state index is -1.17. The molecule has 0 unspecified atom stereocenters. The van der Waals surface area contributed by atoms with E-state index < -0.39 is 11.9 Å². The van der Waals surface area contributed by atoms with E-state index in [0.29, 0.717) is 8.95 Å². The molecule has 6 heteroatoms. The summed E-state index contributed by atoms with van der Waals surface area (Å²) in [4.78, 5) is 21.7. The first kappa shape index (κ1) is 12.2. The van der Waals surface area contributed by atoms with Crippen molar-refractivity contribution in [2.45, 2.75) is 6.92 Å². The highest BCUT2D eigenvalue weighted by Gasteiger charge is 2.18. The first-order valence-corrected chi connectivity index (χ1v) is 5.41. The number of rotatable bonds is 2. The third kappa shape index (κ3) is 2.79. The average molecular weight is 338 g/mol. The molecule has 1 rings (SSSR count). The van der Waals surface area contributed by atoms with Crippen LogP contribution in [0.2, 0.25) is 0 Å². The summed E-state index contributed by atoms with van der Waals surface area (Å²) in [6.45, 7) is 1.21. The molecule has 0 atom stereocenters. The van der Waals surface area contributed by atoms with Gasteiger partial charge in [-0.25, -0.2) is 4.79 Å². The van der Waals surface area contributed by atoms with Crippen LogP contribution in [0.1, 0.15) is 17.3 Å². The van der Waals surface area contributed by atoms with Crippen molar-refractivity contribution < 1.29 is 19.4 Å². The van der Waals surface area contributed by atoms with Crippen LogP contribution in [0.4, 0.5) is 0 Å². The summed E-state index contributed by atoms with van der Waals surface area (Å²) in [5.41, 5.74) is -0.0837. The second-order valence-corrected chi connectivity index (χ2v) is 4.28. The van der Waals surface area contributed by atoms with Crippen LogP contribution in [-0.4, -0.2) is 17.0 Å². The minimum Gasteiger partial charge on any atom is -0.478 e. The summed E-state index contributed by atoms with van der Waals surface area (Å²) in [6, 6.07) is 3.01. The summed E-state index contributed by atoms with van der Waals surface area (Å²) < 4.78 is 5.69. The number of carboxylic acids is 1. The Morgan fingerprint density at radius 1 is 1.33 bits per heavy atom. The zero-order valence-corrected chi connectivity index (χ0v) is 10.8. The lowest BCUT2D eigenvalue weighted by molar-refractivity contribution is -0.131. The maximum atomic E-state index is 10.9. The van der Waals surface area contributed by atoms with Crippen molar-refractivity contribution in [1.82, 2.24) is 0 Å². The molecule has 0 spiro atoms. The maximum Gasteiger partial charge on any atom is 0.340 e. The molecule has 15 heavy (non-hydrogen) atoms. The van der Waals surface area contributed by atoms with Crippen molar-refractivity contribution in [2.24, 2.45) is 0 Å². The molecule has 0 amide bonds. The second-order valence-electron chi connectivity index (χ2n) is 2.63. The molecule has 0 radical (unpaired) electrons. The van der Waals surface area contributed by atoms with Gasteiger partial charge < -0.3 is 9.84 Å². The number of esters is 1. The summed E-state index contributed by atoms with van der Waals surface area (Å²) in [5.74, 6) is -1.71. The van der Waals surface area contributed by atoms with E-state index in [-0.39, 0.29) is 11.3 Å². The Labute approximate surface area is 102 Å². The van der Waals surface area contributed by atoms with Crippen LogP contribution in [0.25, 0.3) is 0 Å². The molecule has 1 N–H and O–H groups in total. The molecule has 0 bridgehead atoms. The predicted molar refractivity (Wildman–Crippen MR) is 60.1 cm³/mol. The van der Waals surface area contributed by atoms with E-state index in [1.54, 1.807) is 6.07 Å². The first-order valence-electron chi connectivity index (χ1n) is 3.83. The van der Waals surface area contributed by atoms with Gasteiger partial charge in [0.15, 0.2) is 0 Å². The normalized spacial score (nSPS) is 9.80. The van der Waals surface area contributed by atoms with Gasteiger partial charge in [-0.2, -0.15) is 0 Å². The molecule has 0 saturated heterocycles. The molecule has 0 aliphatic rings. The monoisotopic (exact) mass is 336 g/mol. The molecule has 1 aromatic rings. The van der Waals surface area contributed by atoms with E-state index in [2.05, 4.69) is 31.9 Å². The summed E-state index contributed by atoms with van der Waals surface area (Å²) in [6.07, 6.45) is 0. The number of carbonyl (C=O) groups is 2. The van der Waals surface area contributed by atoms with Gasteiger partial charge >= 0.3 is 11.9 Å². The van der Waals surface area contributed by atoms with Crippen LogP contribution in [0, 0.1) is 0 Å². The van der Waals surface area contributed by atoms with Gasteiger partial charge in [0, 0.05) is 11.4 Å². The molecular formula is C9H6Br2O4. The lowest BCUT2D eigenvalue weighted by Gasteiger charge is -2.08. The van der Waals surface area contributed by atoms with Gasteiger partial charge in [0.2, 0.25) is 0 Å². The Morgan fingerprint density at radius 3 is 2.40 bits per heavy atom. The average Bonchev–Trinajstić information content (AvgIpc) is 2.10. The molecule has 0 aliphatic carbocycles. The van der Waals surface area contributed by atoms with E-state index in [1.807, 2.05) is 0 Å². The number of hydrogen-bond acceptors (Lipinski definition) is 3. The Hall–Kier alpha value is -0.880. The largest absolute Gasteiger partial charge is 0.478 e. The predicted octanol–water partition coefficient (Wildman–Crippen LogP) is 2.84. The molecule has 4 nitrogen and oxygen atoms in total. The highest BCUT2D eigenvalue weighted by Crippen LogP contribution is 2.33. The lowest BCUT2D eigenvalue weighted by Crippen LogP contribution is -2.08. The number of ether oxygens (including phenoxy) is 1. The number of benzene rings is 1. The van der Waals surface area contributed by atoms with Gasteiger partial charge in [0.1, 0.15) is 11.3 Å². The van der Waals surface area contributed by atoms with Gasteiger partial charge in [0.05, 0.1) is 4.47 Å². The third-order valence-corrected chi connectivity index (χ3v) is 3.54. The molecule has 0 heterocycles. The van der Waals surface area contributed by atoms with Crippen molar-refractivity contribution in [1.29, 1.82) is 0 Å². The zero-order valence-electron chi connectivity index (χ0n) is 7.58. The van der Waals surface area contributed by atoms with Crippen LogP contribution in [0.15, 0.2) is 21.1 Å². The van der Waals surface area contributed by atoms with E-state index >= 15 is 0 Å². The maximum absolute atomic E-state index is 10.9. The quantitative estimate of drug-likeness (QED) is 0.665. The summed E-state index contributed by atoms with van der Waals surface area (Å²) in [5, 5.41) is 8.94. The molecule has 0 aliphatic heterocycles. The topological polar surface area (TPSA) is 63.6 Å². The lowest BCUT2D eigenvalue weighted by atomic mass is 10.2. The molecule has 0 fully saturated rings. The van der Waals surface area contributed by atoms with Crippen LogP contribution in [0.5, 0.6) is 5.75 Å². The fraction of sp³-hybridized carbons (Fsp3) is 0.111. The van der Waals surface area contributed by atoms with Crippen LogP contribution >= 0.6 is 31.9 Å². The van der Waals surface area contributed by atoms with Gasteiger partial charge in [-0.3, -0.25) is 4.79 Å². The number of carbonyl (C=O) groups excluding carboxylic acids is 1. The van der Waals surface area contributed by atoms with Crippen LogP contribution in [0.3, 0.4) is 0 Å². The Bertz CT molecular complexity index is 428. The molecular weight excluding hydrogens is 332 g/mol. The second kappa shape index (κ2) is 4.76. The number of aromatic carboxylic acids is 1. The Kier molecular flexibility index (Phi) is 3.87. The van der Waals surface area contributed by atoms with E-state index in [0.717, 1.165) is 0 Å². The number of hydrogen-bond donors (Lipinski definition) is 1. The number of carboxylic acid groups (broad SMARTS) is 1. The van der Waals surface area contributed by atoms with E-state index in [9.17, 15) is 9.59 Å². The highest BCUT2D eigenvalue weighted by molar-refractivity contribution is 9.13. The van der Waals surface area contributed by atoms with Crippen LogP contribution < -0.4 is 4.74 Å². The summed E-state index contributed by atoms with van der Waals surface area (Å²) in [7, 11) is 0.